The molecule has 3 heterocycles. The molecule has 0 saturated carbocycles. The summed E-state index contributed by atoms with van der Waals surface area (Å²) in [5.74, 6) is 0.164. The molecule has 27 heavy (non-hydrogen) atoms. The van der Waals surface area contributed by atoms with Crippen molar-refractivity contribution in [2.75, 3.05) is 31.6 Å². The molecular formula is C18H28Cl2N4O3. The van der Waals surface area contributed by atoms with Crippen LogP contribution in [0.15, 0.2) is 18.3 Å². The number of halogens is 2. The van der Waals surface area contributed by atoms with Gasteiger partial charge >= 0.3 is 0 Å². The van der Waals surface area contributed by atoms with Crippen LogP contribution in [-0.4, -0.2) is 53.5 Å². The van der Waals surface area contributed by atoms with Crippen molar-refractivity contribution in [2.45, 2.75) is 38.1 Å². The topological polar surface area (TPSA) is 97.6 Å². The first-order valence-corrected chi connectivity index (χ1v) is 8.87. The molecule has 7 nitrogen and oxygen atoms in total. The fourth-order valence-corrected chi connectivity index (χ4v) is 3.41. The minimum Gasteiger partial charge on any atom is -0.381 e. The van der Waals surface area contributed by atoms with Crippen LogP contribution in [0.2, 0.25) is 0 Å². The number of aryl methyl sites for hydroxylation is 1. The first-order valence-electron chi connectivity index (χ1n) is 8.87. The number of hydrogen-bond donors (Lipinski definition) is 2. The van der Waals surface area contributed by atoms with Crippen LogP contribution in [0.4, 0.5) is 5.82 Å². The Kier molecular flexibility index (Phi) is 8.94. The van der Waals surface area contributed by atoms with Crippen LogP contribution in [0.25, 0.3) is 0 Å². The molecule has 1 unspecified atom stereocenters. The van der Waals surface area contributed by atoms with Crippen molar-refractivity contribution in [3.63, 3.8) is 0 Å². The Morgan fingerprint density at radius 3 is 2.63 bits per heavy atom. The van der Waals surface area contributed by atoms with Gasteiger partial charge in [-0.15, -0.1) is 24.8 Å². The highest BCUT2D eigenvalue weighted by Gasteiger charge is 2.41. The zero-order chi connectivity index (χ0) is 17.9. The molecule has 2 fully saturated rings. The number of carbonyl (C=O) groups is 2. The van der Waals surface area contributed by atoms with Crippen molar-refractivity contribution in [1.29, 1.82) is 0 Å². The van der Waals surface area contributed by atoms with Gasteiger partial charge in [0.1, 0.15) is 5.82 Å². The Labute approximate surface area is 172 Å². The van der Waals surface area contributed by atoms with Gasteiger partial charge in [0.2, 0.25) is 11.8 Å². The second-order valence-corrected chi connectivity index (χ2v) is 7.07. The van der Waals surface area contributed by atoms with E-state index in [0.717, 1.165) is 18.4 Å². The number of nitrogens with two attached hydrogens (primary N) is 1. The van der Waals surface area contributed by atoms with Crippen LogP contribution in [0.1, 0.15) is 31.2 Å². The van der Waals surface area contributed by atoms with Gasteiger partial charge in [-0.2, -0.15) is 0 Å². The zero-order valence-electron chi connectivity index (χ0n) is 15.5. The van der Waals surface area contributed by atoms with Gasteiger partial charge in [-0.05, 0) is 44.2 Å². The number of pyridine rings is 1. The molecule has 0 bridgehead atoms. The summed E-state index contributed by atoms with van der Waals surface area (Å²) in [6.07, 6.45) is 4.36. The third-order valence-corrected chi connectivity index (χ3v) is 5.05. The van der Waals surface area contributed by atoms with Crippen LogP contribution in [-0.2, 0) is 14.3 Å². The molecule has 1 aromatic heterocycles. The number of ether oxygens (including phenoxy) is 1. The fourth-order valence-electron chi connectivity index (χ4n) is 3.41. The summed E-state index contributed by atoms with van der Waals surface area (Å²) in [6.45, 7) is 4.04. The third-order valence-electron chi connectivity index (χ3n) is 5.05. The van der Waals surface area contributed by atoms with Gasteiger partial charge < -0.3 is 20.7 Å². The summed E-state index contributed by atoms with van der Waals surface area (Å²) in [5, 5.41) is 2.85. The van der Waals surface area contributed by atoms with Crippen molar-refractivity contribution >= 4 is 42.4 Å². The van der Waals surface area contributed by atoms with E-state index < -0.39 is 5.54 Å². The van der Waals surface area contributed by atoms with E-state index in [1.165, 1.54) is 0 Å². The molecule has 2 aliphatic heterocycles. The molecule has 2 amide bonds. The molecule has 3 N–H and O–H groups in total. The van der Waals surface area contributed by atoms with Gasteiger partial charge in [-0.3, -0.25) is 9.59 Å². The third kappa shape index (κ3) is 5.78. The van der Waals surface area contributed by atoms with E-state index in [0.29, 0.717) is 45.0 Å². The Bertz CT molecular complexity index is 636. The number of hydrogen-bond acceptors (Lipinski definition) is 5. The number of piperidine rings is 1. The summed E-state index contributed by atoms with van der Waals surface area (Å²) in [5.41, 5.74) is 6.50. The second-order valence-electron chi connectivity index (χ2n) is 7.07. The first-order chi connectivity index (χ1) is 12.0. The molecule has 0 spiro atoms. The van der Waals surface area contributed by atoms with Crippen molar-refractivity contribution < 1.29 is 14.3 Å². The molecule has 9 heteroatoms. The average Bonchev–Trinajstić information content (AvgIpc) is 2.63. The van der Waals surface area contributed by atoms with E-state index in [1.807, 2.05) is 13.0 Å². The van der Waals surface area contributed by atoms with Crippen LogP contribution in [0, 0.1) is 12.8 Å². The smallest absolute Gasteiger partial charge is 0.242 e. The lowest BCUT2D eigenvalue weighted by molar-refractivity contribution is -0.143. The van der Waals surface area contributed by atoms with Crippen LogP contribution in [0.3, 0.4) is 0 Å². The number of nitrogens with zero attached hydrogens (tertiary/aromatic N) is 2. The molecule has 0 aliphatic carbocycles. The van der Waals surface area contributed by atoms with E-state index in [1.54, 1.807) is 17.2 Å². The molecule has 1 aromatic rings. The predicted octanol–water partition coefficient (Wildman–Crippen LogP) is 1.92. The minimum absolute atomic E-state index is 0. The quantitative estimate of drug-likeness (QED) is 0.780. The Balaban J connectivity index is 0.00000182. The first kappa shape index (κ1) is 23.6. The second kappa shape index (κ2) is 10.2. The van der Waals surface area contributed by atoms with E-state index in [4.69, 9.17) is 10.5 Å². The highest BCUT2D eigenvalue weighted by molar-refractivity contribution is 5.93. The zero-order valence-corrected chi connectivity index (χ0v) is 17.1. The van der Waals surface area contributed by atoms with E-state index in [2.05, 4.69) is 10.3 Å². The van der Waals surface area contributed by atoms with Gasteiger partial charge in [0.15, 0.2) is 0 Å². The number of likely N-dealkylation sites (tertiary alicyclic amines) is 1. The van der Waals surface area contributed by atoms with E-state index in [-0.39, 0.29) is 42.5 Å². The summed E-state index contributed by atoms with van der Waals surface area (Å²) in [4.78, 5) is 31.3. The Hall–Kier alpha value is -1.41. The maximum Gasteiger partial charge on any atom is 0.242 e. The number of rotatable bonds is 3. The van der Waals surface area contributed by atoms with Gasteiger partial charge in [0.25, 0.3) is 0 Å². The standard InChI is InChI=1S/C18H26N4O3.2ClH/c1-13-4-5-15(20-11-13)21-16(23)14-3-2-8-22(12-14)17(24)18(19)6-9-25-10-7-18;;/h4-5,11,14H,2-3,6-10,12,19H2,1H3,(H,20,21,23);2*1H. The maximum absolute atomic E-state index is 12.8. The van der Waals surface area contributed by atoms with Gasteiger partial charge in [0, 0.05) is 32.5 Å². The number of nitrogens with one attached hydrogen (secondary N) is 1. The number of anilines is 1. The summed E-state index contributed by atoms with van der Waals surface area (Å²) >= 11 is 0. The number of aromatic nitrogens is 1. The molecule has 0 radical (unpaired) electrons. The van der Waals surface area contributed by atoms with Crippen LogP contribution in [0.5, 0.6) is 0 Å². The maximum atomic E-state index is 12.8. The number of carbonyl (C=O) groups excluding carboxylic acids is 2. The molecule has 3 rings (SSSR count). The van der Waals surface area contributed by atoms with Gasteiger partial charge in [-0.1, -0.05) is 6.07 Å². The molecule has 1 atom stereocenters. The van der Waals surface area contributed by atoms with Crippen molar-refractivity contribution in [1.82, 2.24) is 9.88 Å². The monoisotopic (exact) mass is 418 g/mol. The Morgan fingerprint density at radius 2 is 2.00 bits per heavy atom. The lowest BCUT2D eigenvalue weighted by Gasteiger charge is -2.40. The molecule has 152 valence electrons. The minimum atomic E-state index is -0.852. The van der Waals surface area contributed by atoms with Crippen molar-refractivity contribution in [3.8, 4) is 0 Å². The molecule has 2 saturated heterocycles. The normalized spacial score (nSPS) is 21.4. The van der Waals surface area contributed by atoms with Crippen molar-refractivity contribution in [2.24, 2.45) is 11.7 Å². The fraction of sp³-hybridized carbons (Fsp3) is 0.611. The van der Waals surface area contributed by atoms with E-state index in [9.17, 15) is 9.59 Å². The number of amides is 2. The molecular weight excluding hydrogens is 391 g/mol. The highest BCUT2D eigenvalue weighted by Crippen LogP contribution is 2.25. The lowest BCUT2D eigenvalue weighted by Crippen LogP contribution is -2.60. The highest BCUT2D eigenvalue weighted by atomic mass is 35.5. The SMILES string of the molecule is Cc1ccc(NC(=O)C2CCCN(C(=O)C3(N)CCOCC3)C2)nc1.Cl.Cl. The van der Waals surface area contributed by atoms with Crippen LogP contribution >= 0.6 is 24.8 Å². The summed E-state index contributed by atoms with van der Waals surface area (Å²) in [6, 6.07) is 3.69. The molecule has 0 aromatic carbocycles. The predicted molar refractivity (Wildman–Crippen MR) is 108 cm³/mol. The largest absolute Gasteiger partial charge is 0.381 e. The Morgan fingerprint density at radius 1 is 1.30 bits per heavy atom. The van der Waals surface area contributed by atoms with E-state index >= 15 is 0 Å². The summed E-state index contributed by atoms with van der Waals surface area (Å²) < 4.78 is 5.31. The van der Waals surface area contributed by atoms with Crippen LogP contribution < -0.4 is 11.1 Å². The van der Waals surface area contributed by atoms with Crippen molar-refractivity contribution in [3.05, 3.63) is 23.9 Å². The molecule has 2 aliphatic rings. The lowest BCUT2D eigenvalue weighted by atomic mass is 9.87. The van der Waals surface area contributed by atoms with Gasteiger partial charge in [-0.25, -0.2) is 4.98 Å². The summed E-state index contributed by atoms with van der Waals surface area (Å²) in [7, 11) is 0. The average molecular weight is 419 g/mol. The van der Waals surface area contributed by atoms with Gasteiger partial charge in [0.05, 0.1) is 11.5 Å².